The molecule has 0 fully saturated rings. The Labute approximate surface area is 71.1 Å². The Morgan fingerprint density at radius 1 is 1.50 bits per heavy atom. The third-order valence-corrected chi connectivity index (χ3v) is 2.08. The van der Waals surface area contributed by atoms with Gasteiger partial charge in [0.1, 0.15) is 17.2 Å². The van der Waals surface area contributed by atoms with E-state index in [0.717, 1.165) is 18.8 Å². The number of anilines is 1. The van der Waals surface area contributed by atoms with Crippen molar-refractivity contribution in [3.63, 3.8) is 0 Å². The topological polar surface area (TPSA) is 44.5 Å². The maximum Gasteiger partial charge on any atom is 0.149 e. The van der Waals surface area contributed by atoms with Crippen LogP contribution in [0.4, 0.5) is 5.69 Å². The van der Waals surface area contributed by atoms with Crippen LogP contribution in [0.2, 0.25) is 0 Å². The summed E-state index contributed by atoms with van der Waals surface area (Å²) in [6, 6.07) is 3.88. The summed E-state index contributed by atoms with van der Waals surface area (Å²) in [5.41, 5.74) is 7.59. The van der Waals surface area contributed by atoms with Gasteiger partial charge in [-0.15, -0.1) is 0 Å². The molecule has 2 rings (SSSR count). The molecule has 12 heavy (non-hydrogen) atoms. The van der Waals surface area contributed by atoms with Crippen LogP contribution in [0.15, 0.2) is 12.1 Å². The molecule has 2 N–H and O–H groups in total. The molecule has 3 heteroatoms. The second-order valence-electron chi connectivity index (χ2n) is 2.77. The van der Waals surface area contributed by atoms with E-state index in [2.05, 4.69) is 0 Å². The molecule has 0 atom stereocenters. The minimum absolute atomic E-state index is 0.618. The molecule has 0 saturated heterocycles. The predicted octanol–water partition coefficient (Wildman–Crippen LogP) is 1.21. The molecule has 1 aromatic carbocycles. The van der Waals surface area contributed by atoms with E-state index in [1.807, 2.05) is 12.1 Å². The zero-order valence-electron chi connectivity index (χ0n) is 6.96. The molecule has 0 unspecified atom stereocenters. The van der Waals surface area contributed by atoms with Crippen LogP contribution in [0.5, 0.6) is 11.5 Å². The van der Waals surface area contributed by atoms with Crippen molar-refractivity contribution in [3.8, 4) is 11.5 Å². The van der Waals surface area contributed by atoms with Gasteiger partial charge in [0.25, 0.3) is 0 Å². The lowest BCUT2D eigenvalue weighted by Gasteiger charge is -2.07. The average molecular weight is 165 g/mol. The number of ether oxygens (including phenoxy) is 2. The van der Waals surface area contributed by atoms with E-state index in [-0.39, 0.29) is 0 Å². The van der Waals surface area contributed by atoms with Gasteiger partial charge < -0.3 is 15.2 Å². The Bertz CT molecular complexity index is 310. The van der Waals surface area contributed by atoms with Gasteiger partial charge in [-0.1, -0.05) is 6.07 Å². The van der Waals surface area contributed by atoms with Crippen LogP contribution in [-0.4, -0.2) is 13.7 Å². The van der Waals surface area contributed by atoms with Gasteiger partial charge in [-0.05, 0) is 11.6 Å². The molecule has 0 aromatic heterocycles. The van der Waals surface area contributed by atoms with E-state index >= 15 is 0 Å². The van der Waals surface area contributed by atoms with Crippen molar-refractivity contribution in [2.75, 3.05) is 19.5 Å². The van der Waals surface area contributed by atoms with Crippen LogP contribution in [0, 0.1) is 0 Å². The van der Waals surface area contributed by atoms with Crippen LogP contribution >= 0.6 is 0 Å². The zero-order valence-corrected chi connectivity index (χ0v) is 6.96. The summed E-state index contributed by atoms with van der Waals surface area (Å²) < 4.78 is 10.4. The van der Waals surface area contributed by atoms with Gasteiger partial charge >= 0.3 is 0 Å². The summed E-state index contributed by atoms with van der Waals surface area (Å²) in [5, 5.41) is 0. The molecule has 3 nitrogen and oxygen atoms in total. The van der Waals surface area contributed by atoms with Crippen LogP contribution < -0.4 is 15.2 Å². The van der Waals surface area contributed by atoms with E-state index < -0.39 is 0 Å². The first-order valence-corrected chi connectivity index (χ1v) is 3.91. The lowest BCUT2D eigenvalue weighted by atomic mass is 10.1. The Morgan fingerprint density at radius 3 is 3.08 bits per heavy atom. The molecule has 0 aliphatic carbocycles. The van der Waals surface area contributed by atoms with Gasteiger partial charge in [-0.2, -0.15) is 0 Å². The van der Waals surface area contributed by atoms with Gasteiger partial charge in [-0.25, -0.2) is 0 Å². The number of benzene rings is 1. The van der Waals surface area contributed by atoms with Gasteiger partial charge in [0.15, 0.2) is 0 Å². The number of hydrogen-bond donors (Lipinski definition) is 1. The molecule has 0 radical (unpaired) electrons. The first kappa shape index (κ1) is 7.28. The maximum absolute atomic E-state index is 5.80. The van der Waals surface area contributed by atoms with E-state index in [1.54, 1.807) is 7.11 Å². The van der Waals surface area contributed by atoms with Gasteiger partial charge in [0, 0.05) is 6.42 Å². The molecule has 0 saturated carbocycles. The second-order valence-corrected chi connectivity index (χ2v) is 2.77. The lowest BCUT2D eigenvalue weighted by Crippen LogP contribution is -1.95. The maximum atomic E-state index is 5.80. The first-order valence-electron chi connectivity index (χ1n) is 3.91. The van der Waals surface area contributed by atoms with Crippen molar-refractivity contribution in [1.29, 1.82) is 0 Å². The van der Waals surface area contributed by atoms with Crippen molar-refractivity contribution in [1.82, 2.24) is 0 Å². The number of nitrogen functional groups attached to an aromatic ring is 1. The molecule has 64 valence electrons. The molecule has 0 spiro atoms. The minimum atomic E-state index is 0.618. The largest absolute Gasteiger partial charge is 0.494 e. The summed E-state index contributed by atoms with van der Waals surface area (Å²) in [6.45, 7) is 0.729. The van der Waals surface area contributed by atoms with Crippen LogP contribution in [0.3, 0.4) is 0 Å². The van der Waals surface area contributed by atoms with Crippen LogP contribution in [0.1, 0.15) is 5.56 Å². The van der Waals surface area contributed by atoms with Crippen molar-refractivity contribution in [3.05, 3.63) is 17.7 Å². The van der Waals surface area contributed by atoms with Crippen molar-refractivity contribution in [2.45, 2.75) is 6.42 Å². The van der Waals surface area contributed by atoms with Gasteiger partial charge in [0.2, 0.25) is 0 Å². The molecule has 1 aliphatic rings. The van der Waals surface area contributed by atoms with Crippen molar-refractivity contribution >= 4 is 5.69 Å². The third kappa shape index (κ3) is 0.897. The highest BCUT2D eigenvalue weighted by Gasteiger charge is 2.17. The fraction of sp³-hybridized carbons (Fsp3) is 0.333. The van der Waals surface area contributed by atoms with Crippen LogP contribution in [-0.2, 0) is 6.42 Å². The van der Waals surface area contributed by atoms with E-state index in [1.165, 1.54) is 5.56 Å². The fourth-order valence-electron chi connectivity index (χ4n) is 1.43. The molecular formula is C9H11NO2. The summed E-state index contributed by atoms with van der Waals surface area (Å²) >= 11 is 0. The van der Waals surface area contributed by atoms with Gasteiger partial charge in [0.05, 0.1) is 13.7 Å². The van der Waals surface area contributed by atoms with E-state index in [9.17, 15) is 0 Å². The van der Waals surface area contributed by atoms with Crippen molar-refractivity contribution in [2.24, 2.45) is 0 Å². The Balaban J connectivity index is 2.54. The first-order chi connectivity index (χ1) is 5.83. The Morgan fingerprint density at radius 2 is 2.33 bits per heavy atom. The molecule has 0 bridgehead atoms. The third-order valence-electron chi connectivity index (χ3n) is 2.08. The average Bonchev–Trinajstić information content (AvgIpc) is 2.53. The monoisotopic (exact) mass is 165 g/mol. The predicted molar refractivity (Wildman–Crippen MR) is 46.6 cm³/mol. The Kier molecular flexibility index (Phi) is 1.57. The normalized spacial score (nSPS) is 13.8. The highest BCUT2D eigenvalue weighted by molar-refractivity contribution is 5.66. The SMILES string of the molecule is COc1ccc2c(c1N)OCC2. The zero-order chi connectivity index (χ0) is 8.55. The minimum Gasteiger partial charge on any atom is -0.494 e. The molecule has 1 aliphatic heterocycles. The number of fused-ring (bicyclic) bond motifs is 1. The summed E-state index contributed by atoms with van der Waals surface area (Å²) in [6.07, 6.45) is 0.948. The highest BCUT2D eigenvalue weighted by Crippen LogP contribution is 2.37. The Hall–Kier alpha value is -1.38. The standard InChI is InChI=1S/C9H11NO2/c1-11-7-3-2-6-4-5-12-9(6)8(7)10/h2-3H,4-5,10H2,1H3. The molecule has 0 amide bonds. The van der Waals surface area contributed by atoms with Gasteiger partial charge in [-0.3, -0.25) is 0 Å². The van der Waals surface area contributed by atoms with E-state index in [0.29, 0.717) is 11.4 Å². The molecular weight excluding hydrogens is 154 g/mol. The van der Waals surface area contributed by atoms with Crippen LogP contribution in [0.25, 0.3) is 0 Å². The molecule has 1 heterocycles. The number of rotatable bonds is 1. The number of nitrogens with two attached hydrogens (primary N) is 1. The smallest absolute Gasteiger partial charge is 0.149 e. The summed E-state index contributed by atoms with van der Waals surface area (Å²) in [4.78, 5) is 0. The summed E-state index contributed by atoms with van der Waals surface area (Å²) in [5.74, 6) is 1.49. The van der Waals surface area contributed by atoms with Crippen molar-refractivity contribution < 1.29 is 9.47 Å². The van der Waals surface area contributed by atoms with E-state index in [4.69, 9.17) is 15.2 Å². The summed E-state index contributed by atoms with van der Waals surface area (Å²) in [7, 11) is 1.60. The number of methoxy groups -OCH3 is 1. The quantitative estimate of drug-likeness (QED) is 0.636. The highest BCUT2D eigenvalue weighted by atomic mass is 16.5. The fourth-order valence-corrected chi connectivity index (χ4v) is 1.43. The molecule has 1 aromatic rings. The second kappa shape index (κ2) is 2.59. The number of hydrogen-bond acceptors (Lipinski definition) is 3. The lowest BCUT2D eigenvalue weighted by molar-refractivity contribution is 0.355.